The van der Waals surface area contributed by atoms with Crippen LogP contribution in [0.15, 0.2) is 18.2 Å². The van der Waals surface area contributed by atoms with E-state index in [2.05, 4.69) is 20.2 Å². The van der Waals surface area contributed by atoms with Gasteiger partial charge in [-0.3, -0.25) is 15.0 Å². The van der Waals surface area contributed by atoms with Gasteiger partial charge >= 0.3 is 18.1 Å². The van der Waals surface area contributed by atoms with Gasteiger partial charge in [0.1, 0.15) is 46.6 Å². The highest BCUT2D eigenvalue weighted by Gasteiger charge is 2.49. The molecule has 2 aromatic heterocycles. The van der Waals surface area contributed by atoms with Crippen LogP contribution in [0.2, 0.25) is 5.02 Å². The molecule has 2 atom stereocenters. The lowest BCUT2D eigenvalue weighted by Crippen LogP contribution is -2.43. The number of alkyl halides is 1. The van der Waals surface area contributed by atoms with Crippen LogP contribution in [0.3, 0.4) is 0 Å². The molecule has 1 amide bonds. The first-order valence-electron chi connectivity index (χ1n) is 16.4. The van der Waals surface area contributed by atoms with Crippen LogP contribution in [0.1, 0.15) is 58.4 Å². The first-order chi connectivity index (χ1) is 24.1. The molecule has 4 aromatic rings. The van der Waals surface area contributed by atoms with Crippen molar-refractivity contribution in [1.82, 2.24) is 14.9 Å². The third-order valence-electron chi connectivity index (χ3n) is 9.11. The summed E-state index contributed by atoms with van der Waals surface area (Å²) in [5, 5.41) is 22.0. The number of hydrogen-bond acceptors (Lipinski definition) is 10. The number of carboxylic acid groups (broad SMARTS) is 1. The smallest absolute Gasteiger partial charge is 0.412 e. The molecule has 11 nitrogen and oxygen atoms in total. The van der Waals surface area contributed by atoms with Crippen molar-refractivity contribution in [3.63, 3.8) is 0 Å². The molecule has 6 rings (SSSR count). The molecule has 2 N–H and O–H groups in total. The summed E-state index contributed by atoms with van der Waals surface area (Å²) in [6.45, 7) is 6.38. The minimum atomic E-state index is -0.993. The number of rotatable bonds is 10. The van der Waals surface area contributed by atoms with Gasteiger partial charge in [-0.15, -0.1) is 11.3 Å². The maximum Gasteiger partial charge on any atom is 0.412 e. The maximum atomic E-state index is 17.0. The zero-order chi connectivity index (χ0) is 36.8. The zero-order valence-electron chi connectivity index (χ0n) is 28.4. The second-order valence-electron chi connectivity index (χ2n) is 13.9. The van der Waals surface area contributed by atoms with E-state index in [0.29, 0.717) is 13.0 Å². The first kappa shape index (κ1) is 36.4. The number of aromatic nitrogens is 2. The maximum absolute atomic E-state index is 17.0. The van der Waals surface area contributed by atoms with E-state index in [1.54, 1.807) is 32.7 Å². The number of aliphatic carboxylic acids is 1. The van der Waals surface area contributed by atoms with Crippen molar-refractivity contribution in [3.8, 4) is 23.2 Å². The average Bonchev–Trinajstić information content (AvgIpc) is 3.69. The van der Waals surface area contributed by atoms with E-state index >= 15 is 8.78 Å². The minimum Gasteiger partial charge on any atom is -0.481 e. The summed E-state index contributed by atoms with van der Waals surface area (Å²) < 4.78 is 58.2. The number of nitriles is 1. The van der Waals surface area contributed by atoms with Gasteiger partial charge in [0.05, 0.1) is 20.8 Å². The highest BCUT2D eigenvalue weighted by molar-refractivity contribution is 7.23. The van der Waals surface area contributed by atoms with Gasteiger partial charge in [0.2, 0.25) is 0 Å². The number of carbonyl (C=O) groups excluding carboxylic acids is 1. The number of fused-ring (bicyclic) bond motifs is 3. The standard InChI is InChI=1S/C35H36ClF3N6O5S/c1-34(2,3)50-33(48)43-31-21(15-40)25-19(8-9-23(38)29(25)51-31)26-22(36)13-20-28(27(26)39)41-32(42-30(20)44(4)11-5-7-24(46)47)49-17-35-10-6-12-45(35)16-18(37)14-35/h8-9,13,18H,5-7,10-12,14,16-17H2,1-4H3,(H,43,48)(H,46,47)/t18-,35+/m1/s1. The van der Waals surface area contributed by atoms with Crippen LogP contribution >= 0.6 is 22.9 Å². The van der Waals surface area contributed by atoms with Crippen molar-refractivity contribution >= 4 is 66.8 Å². The number of halogens is 4. The van der Waals surface area contributed by atoms with Crippen LogP contribution in [0.4, 0.5) is 28.8 Å². The van der Waals surface area contributed by atoms with E-state index < -0.39 is 41.0 Å². The molecule has 0 unspecified atom stereocenters. The second-order valence-corrected chi connectivity index (χ2v) is 15.3. The van der Waals surface area contributed by atoms with Gasteiger partial charge in [-0.25, -0.2) is 18.0 Å². The summed E-state index contributed by atoms with van der Waals surface area (Å²) in [5.41, 5.74) is -1.77. The Hall–Kier alpha value is -4.39. The fourth-order valence-electron chi connectivity index (χ4n) is 6.95. The fourth-order valence-corrected chi connectivity index (χ4v) is 8.32. The number of nitrogens with one attached hydrogen (secondary N) is 1. The molecule has 270 valence electrons. The van der Waals surface area contributed by atoms with Crippen LogP contribution in [0.5, 0.6) is 6.01 Å². The predicted octanol–water partition coefficient (Wildman–Crippen LogP) is 7.92. The Bertz CT molecular complexity index is 2090. The van der Waals surface area contributed by atoms with Gasteiger partial charge in [-0.2, -0.15) is 15.2 Å². The fraction of sp³-hybridized carbons (Fsp3) is 0.457. The highest BCUT2D eigenvalue weighted by atomic mass is 35.5. The molecule has 0 bridgehead atoms. The van der Waals surface area contributed by atoms with Crippen LogP contribution in [-0.4, -0.2) is 82.6 Å². The third-order valence-corrected chi connectivity index (χ3v) is 10.5. The molecule has 4 heterocycles. The van der Waals surface area contributed by atoms with E-state index in [1.807, 2.05) is 6.07 Å². The topological polar surface area (TPSA) is 141 Å². The summed E-state index contributed by atoms with van der Waals surface area (Å²) in [5.74, 6) is -2.34. The van der Waals surface area contributed by atoms with Gasteiger partial charge in [-0.05, 0) is 64.3 Å². The lowest BCUT2D eigenvalue weighted by atomic mass is 9.95. The number of thiophene rings is 1. The molecule has 2 aromatic carbocycles. The molecule has 0 spiro atoms. The predicted molar refractivity (Wildman–Crippen MR) is 189 cm³/mol. The SMILES string of the molecule is CN(CCCC(=O)O)c1nc(OC[C@@]23CCCN2C[C@H](F)C3)nc2c(F)c(-c3ccc(F)c4sc(NC(=O)OC(C)(C)C)c(C#N)c34)c(Cl)cc12. The largest absolute Gasteiger partial charge is 0.481 e. The molecule has 2 saturated heterocycles. The number of anilines is 2. The van der Waals surface area contributed by atoms with Crippen molar-refractivity contribution in [3.05, 3.63) is 40.4 Å². The molecular formula is C35H36ClF3N6O5S. The number of carboxylic acids is 1. The van der Waals surface area contributed by atoms with E-state index in [1.165, 1.54) is 12.1 Å². The Morgan fingerprint density at radius 1 is 1.29 bits per heavy atom. The summed E-state index contributed by atoms with van der Waals surface area (Å²) in [7, 11) is 1.67. The lowest BCUT2D eigenvalue weighted by Gasteiger charge is -2.31. The molecular weight excluding hydrogens is 709 g/mol. The normalized spacial score (nSPS) is 18.9. The minimum absolute atomic E-state index is 0.0106. The molecule has 16 heteroatoms. The zero-order valence-corrected chi connectivity index (χ0v) is 30.0. The molecule has 2 aliphatic rings. The van der Waals surface area contributed by atoms with Crippen LogP contribution in [0, 0.1) is 23.0 Å². The quantitative estimate of drug-likeness (QED) is 0.165. The number of carbonyl (C=O) groups is 2. The highest BCUT2D eigenvalue weighted by Crippen LogP contribution is 2.47. The summed E-state index contributed by atoms with van der Waals surface area (Å²) >= 11 is 7.60. The molecule has 2 aliphatic heterocycles. The Morgan fingerprint density at radius 3 is 2.76 bits per heavy atom. The summed E-state index contributed by atoms with van der Waals surface area (Å²) in [6.07, 6.45) is 0.218. The lowest BCUT2D eigenvalue weighted by molar-refractivity contribution is -0.137. The molecule has 0 saturated carbocycles. The first-order valence-corrected chi connectivity index (χ1v) is 17.6. The molecule has 51 heavy (non-hydrogen) atoms. The Balaban J connectivity index is 1.48. The van der Waals surface area contributed by atoms with Crippen molar-refractivity contribution in [1.29, 1.82) is 5.26 Å². The van der Waals surface area contributed by atoms with Crippen LogP contribution in [0.25, 0.3) is 32.1 Å². The molecule has 0 radical (unpaired) electrons. The third kappa shape index (κ3) is 7.22. The Kier molecular flexibility index (Phi) is 9.97. The Labute approximate surface area is 300 Å². The van der Waals surface area contributed by atoms with Crippen molar-refractivity contribution in [2.45, 2.75) is 70.2 Å². The van der Waals surface area contributed by atoms with Crippen molar-refractivity contribution in [2.24, 2.45) is 0 Å². The van der Waals surface area contributed by atoms with E-state index in [-0.39, 0.29) is 85.5 Å². The second kappa shape index (κ2) is 14.0. The van der Waals surface area contributed by atoms with E-state index in [4.69, 9.17) is 21.1 Å². The molecule has 0 aliphatic carbocycles. The van der Waals surface area contributed by atoms with Gasteiger partial charge in [0.15, 0.2) is 5.82 Å². The van der Waals surface area contributed by atoms with Crippen LogP contribution < -0.4 is 15.0 Å². The van der Waals surface area contributed by atoms with Crippen molar-refractivity contribution < 1.29 is 37.3 Å². The monoisotopic (exact) mass is 744 g/mol. The van der Waals surface area contributed by atoms with E-state index in [0.717, 1.165) is 36.8 Å². The number of amides is 1. The number of benzene rings is 2. The van der Waals surface area contributed by atoms with Gasteiger partial charge in [0, 0.05) is 49.3 Å². The van der Waals surface area contributed by atoms with E-state index in [9.17, 15) is 24.3 Å². The van der Waals surface area contributed by atoms with Crippen LogP contribution in [-0.2, 0) is 9.53 Å². The van der Waals surface area contributed by atoms with Gasteiger partial charge in [0.25, 0.3) is 0 Å². The van der Waals surface area contributed by atoms with Gasteiger partial charge in [-0.1, -0.05) is 17.7 Å². The number of ether oxygens (including phenoxy) is 2. The van der Waals surface area contributed by atoms with Crippen molar-refractivity contribution in [2.75, 3.05) is 43.5 Å². The molecule has 2 fully saturated rings. The number of nitrogens with zero attached hydrogens (tertiary/aromatic N) is 5. The van der Waals surface area contributed by atoms with Gasteiger partial charge < -0.3 is 19.5 Å². The number of hydrogen-bond donors (Lipinski definition) is 2. The average molecular weight is 745 g/mol. The summed E-state index contributed by atoms with van der Waals surface area (Å²) in [4.78, 5) is 36.6. The summed E-state index contributed by atoms with van der Waals surface area (Å²) in [6, 6.07) is 5.72. The Morgan fingerprint density at radius 2 is 2.06 bits per heavy atom.